The van der Waals surface area contributed by atoms with Gasteiger partial charge in [-0.1, -0.05) is 12.1 Å². The topological polar surface area (TPSA) is 116 Å². The average Bonchev–Trinajstić information content (AvgIpc) is 2.52. The molecule has 0 bridgehead atoms. The molecule has 1 rings (SSSR count). The molecule has 0 saturated heterocycles. The van der Waals surface area contributed by atoms with Crippen molar-refractivity contribution in [3.63, 3.8) is 0 Å². The Morgan fingerprint density at radius 1 is 1.17 bits per heavy atom. The first-order chi connectivity index (χ1) is 11.1. The third-order valence-electron chi connectivity index (χ3n) is 3.41. The smallest absolute Gasteiger partial charge is 0.315 e. The van der Waals surface area contributed by atoms with Crippen LogP contribution in [0.2, 0.25) is 0 Å². The summed E-state index contributed by atoms with van der Waals surface area (Å²) in [4.78, 5) is 22.0. The highest BCUT2D eigenvalue weighted by Gasteiger charge is 2.22. The number of aliphatic carboxylic acids is 1. The van der Waals surface area contributed by atoms with Crippen LogP contribution in [0.5, 0.6) is 0 Å². The molecule has 134 valence electrons. The third kappa shape index (κ3) is 5.82. The van der Waals surface area contributed by atoms with Crippen LogP contribution in [0.15, 0.2) is 29.2 Å². The lowest BCUT2D eigenvalue weighted by atomic mass is 10.2. The van der Waals surface area contributed by atoms with Crippen LogP contribution in [0, 0.1) is 0 Å². The lowest BCUT2D eigenvalue weighted by molar-refractivity contribution is -0.136. The quantitative estimate of drug-likeness (QED) is 0.642. The first-order valence-electron chi connectivity index (χ1n) is 7.45. The third-order valence-corrected chi connectivity index (χ3v) is 5.45. The lowest BCUT2D eigenvalue weighted by Gasteiger charge is -2.21. The second-order valence-electron chi connectivity index (χ2n) is 5.51. The van der Waals surface area contributed by atoms with Gasteiger partial charge in [-0.05, 0) is 31.5 Å². The molecule has 9 heteroatoms. The summed E-state index contributed by atoms with van der Waals surface area (Å²) in [5, 5.41) is 13.5. The molecule has 0 heterocycles. The van der Waals surface area contributed by atoms with Crippen molar-refractivity contribution in [2.24, 2.45) is 0 Å². The molecular weight excluding hydrogens is 334 g/mol. The number of carbonyl (C=O) groups excluding carboxylic acids is 1. The fraction of sp³-hybridized carbons (Fsp3) is 0.467. The van der Waals surface area contributed by atoms with Gasteiger partial charge in [-0.15, -0.1) is 0 Å². The predicted octanol–water partition coefficient (Wildman–Crippen LogP) is 0.989. The van der Waals surface area contributed by atoms with E-state index in [1.54, 1.807) is 26.0 Å². The van der Waals surface area contributed by atoms with Crippen LogP contribution in [0.3, 0.4) is 0 Å². The highest BCUT2D eigenvalue weighted by Crippen LogP contribution is 2.17. The summed E-state index contributed by atoms with van der Waals surface area (Å²) in [7, 11) is -2.00. The summed E-state index contributed by atoms with van der Waals surface area (Å²) in [5.74, 6) is -0.988. The molecule has 0 aliphatic rings. The van der Waals surface area contributed by atoms with Gasteiger partial charge < -0.3 is 15.7 Å². The average molecular weight is 357 g/mol. The molecule has 1 aromatic rings. The van der Waals surface area contributed by atoms with Crippen LogP contribution < -0.4 is 10.6 Å². The number of amides is 2. The zero-order valence-electron chi connectivity index (χ0n) is 13.9. The number of carboxylic acid groups (broad SMARTS) is 1. The Morgan fingerprint density at radius 2 is 1.75 bits per heavy atom. The molecular formula is C15H23N3O5S. The Labute approximate surface area is 141 Å². The molecule has 0 atom stereocenters. The summed E-state index contributed by atoms with van der Waals surface area (Å²) in [6.45, 7) is 3.83. The van der Waals surface area contributed by atoms with E-state index in [-0.39, 0.29) is 30.4 Å². The van der Waals surface area contributed by atoms with Crippen molar-refractivity contribution in [1.82, 2.24) is 14.9 Å². The van der Waals surface area contributed by atoms with E-state index in [1.165, 1.54) is 23.5 Å². The van der Waals surface area contributed by atoms with Crippen LogP contribution in [0.4, 0.5) is 4.79 Å². The van der Waals surface area contributed by atoms with Gasteiger partial charge in [-0.3, -0.25) is 4.79 Å². The molecule has 3 N–H and O–H groups in total. The van der Waals surface area contributed by atoms with E-state index in [2.05, 4.69) is 10.6 Å². The van der Waals surface area contributed by atoms with E-state index in [0.29, 0.717) is 0 Å². The van der Waals surface area contributed by atoms with Gasteiger partial charge in [0.25, 0.3) is 0 Å². The zero-order chi connectivity index (χ0) is 18.3. The van der Waals surface area contributed by atoms with Crippen LogP contribution in [-0.4, -0.2) is 49.5 Å². The number of hydrogen-bond donors (Lipinski definition) is 3. The molecule has 1 aromatic carbocycles. The first kappa shape index (κ1) is 19.9. The van der Waals surface area contributed by atoms with Gasteiger partial charge in [0.15, 0.2) is 0 Å². The van der Waals surface area contributed by atoms with Crippen LogP contribution in [0.25, 0.3) is 0 Å². The van der Waals surface area contributed by atoms with E-state index in [0.717, 1.165) is 5.56 Å². The van der Waals surface area contributed by atoms with Crippen LogP contribution in [-0.2, 0) is 21.4 Å². The second kappa shape index (κ2) is 8.65. The number of sulfonamides is 1. The Kier molecular flexibility index (Phi) is 7.18. The van der Waals surface area contributed by atoms with Gasteiger partial charge in [-0.25, -0.2) is 13.2 Å². The van der Waals surface area contributed by atoms with E-state index in [1.807, 2.05) is 0 Å². The molecule has 0 saturated carbocycles. The Balaban J connectivity index is 2.59. The lowest BCUT2D eigenvalue weighted by Crippen LogP contribution is -2.36. The number of nitrogens with zero attached hydrogens (tertiary/aromatic N) is 1. The summed E-state index contributed by atoms with van der Waals surface area (Å²) in [6.07, 6.45) is -0.149. The second-order valence-corrected chi connectivity index (χ2v) is 7.51. The molecule has 0 radical (unpaired) electrons. The number of carbonyl (C=O) groups is 2. The highest BCUT2D eigenvalue weighted by molar-refractivity contribution is 7.89. The largest absolute Gasteiger partial charge is 0.481 e. The zero-order valence-corrected chi connectivity index (χ0v) is 14.8. The van der Waals surface area contributed by atoms with Crippen molar-refractivity contribution in [2.75, 3.05) is 13.6 Å². The summed E-state index contributed by atoms with van der Waals surface area (Å²) >= 11 is 0. The van der Waals surface area contributed by atoms with Crippen molar-refractivity contribution in [3.8, 4) is 0 Å². The number of hydrogen-bond acceptors (Lipinski definition) is 4. The van der Waals surface area contributed by atoms with Crippen molar-refractivity contribution >= 4 is 22.0 Å². The standard InChI is InChI=1S/C15H23N3O5S/c1-11(2)18(3)24(22,23)13-6-4-12(5-7-13)10-17-15(21)16-9-8-14(19)20/h4-7,11H,8-10H2,1-3H3,(H,19,20)(H2,16,17,21). The van der Waals surface area contributed by atoms with Crippen molar-refractivity contribution in [2.45, 2.75) is 37.8 Å². The minimum Gasteiger partial charge on any atom is -0.481 e. The number of carboxylic acids is 1. The van der Waals surface area contributed by atoms with E-state index >= 15 is 0 Å². The number of urea groups is 1. The molecule has 0 aliphatic heterocycles. The molecule has 0 aromatic heterocycles. The van der Waals surface area contributed by atoms with Gasteiger partial charge >= 0.3 is 12.0 Å². The van der Waals surface area contributed by atoms with Crippen molar-refractivity contribution in [3.05, 3.63) is 29.8 Å². The van der Waals surface area contributed by atoms with Crippen LogP contribution >= 0.6 is 0 Å². The van der Waals surface area contributed by atoms with E-state index in [4.69, 9.17) is 5.11 Å². The molecule has 2 amide bonds. The fourth-order valence-electron chi connectivity index (χ4n) is 1.75. The Morgan fingerprint density at radius 3 is 2.25 bits per heavy atom. The van der Waals surface area contributed by atoms with Gasteiger partial charge in [-0.2, -0.15) is 4.31 Å². The van der Waals surface area contributed by atoms with Gasteiger partial charge in [0.05, 0.1) is 11.3 Å². The molecule has 0 aliphatic carbocycles. The maximum absolute atomic E-state index is 12.3. The number of nitrogens with one attached hydrogen (secondary N) is 2. The van der Waals surface area contributed by atoms with E-state index < -0.39 is 22.0 Å². The van der Waals surface area contributed by atoms with Crippen molar-refractivity contribution in [1.29, 1.82) is 0 Å². The minimum atomic E-state index is -3.53. The summed E-state index contributed by atoms with van der Waals surface area (Å²) in [5.41, 5.74) is 0.731. The van der Waals surface area contributed by atoms with E-state index in [9.17, 15) is 18.0 Å². The van der Waals surface area contributed by atoms with Gasteiger partial charge in [0, 0.05) is 26.2 Å². The monoisotopic (exact) mass is 357 g/mol. The SMILES string of the molecule is CC(C)N(C)S(=O)(=O)c1ccc(CNC(=O)NCCC(=O)O)cc1. The van der Waals surface area contributed by atoms with Gasteiger partial charge in [0.1, 0.15) is 0 Å². The highest BCUT2D eigenvalue weighted by atomic mass is 32.2. The summed E-state index contributed by atoms with van der Waals surface area (Å²) < 4.78 is 25.9. The van der Waals surface area contributed by atoms with Crippen molar-refractivity contribution < 1.29 is 23.1 Å². The molecule has 0 unspecified atom stereocenters. The fourth-order valence-corrected chi connectivity index (χ4v) is 3.12. The normalized spacial score (nSPS) is 11.5. The maximum atomic E-state index is 12.3. The Hall–Kier alpha value is -2.13. The molecule has 0 fully saturated rings. The Bertz CT molecular complexity index is 671. The van der Waals surface area contributed by atoms with Crippen LogP contribution in [0.1, 0.15) is 25.8 Å². The first-order valence-corrected chi connectivity index (χ1v) is 8.89. The maximum Gasteiger partial charge on any atom is 0.315 e. The minimum absolute atomic E-state index is 0.0416. The summed E-state index contributed by atoms with van der Waals surface area (Å²) in [6, 6.07) is 5.61. The molecule has 24 heavy (non-hydrogen) atoms. The number of rotatable bonds is 8. The molecule has 8 nitrogen and oxygen atoms in total. The molecule has 0 spiro atoms. The number of benzene rings is 1. The predicted molar refractivity (Wildman–Crippen MR) is 89.0 cm³/mol. The van der Waals surface area contributed by atoms with Gasteiger partial charge in [0.2, 0.25) is 10.0 Å².